The molecule has 1 N–H and O–H groups in total. The lowest BCUT2D eigenvalue weighted by Crippen LogP contribution is -2.41. The molecule has 0 fully saturated rings. The Morgan fingerprint density at radius 2 is 1.57 bits per heavy atom. The molecule has 0 heterocycles. The van der Waals surface area contributed by atoms with E-state index in [-0.39, 0.29) is 11.4 Å². The van der Waals surface area contributed by atoms with E-state index in [9.17, 15) is 17.6 Å². The van der Waals surface area contributed by atoms with Crippen LogP contribution in [0.2, 0.25) is 0 Å². The van der Waals surface area contributed by atoms with Crippen molar-refractivity contribution in [2.45, 2.75) is 18.2 Å². The normalized spacial score (nSPS) is 11.1. The molecule has 3 rings (SSSR count). The Kier molecular flexibility index (Phi) is 6.84. The van der Waals surface area contributed by atoms with E-state index in [0.717, 1.165) is 27.6 Å². The molecule has 0 radical (unpaired) electrons. The molecule has 0 aliphatic heterocycles. The topological polar surface area (TPSA) is 66.5 Å². The molecule has 3 aromatic carbocycles. The van der Waals surface area contributed by atoms with E-state index in [4.69, 9.17) is 0 Å². The second kappa shape index (κ2) is 9.54. The lowest BCUT2D eigenvalue weighted by Gasteiger charge is -2.24. The smallest absolute Gasteiger partial charge is 0.264 e. The first-order valence-electron chi connectivity index (χ1n) is 9.52. The largest absolute Gasteiger partial charge is 0.354 e. The van der Waals surface area contributed by atoms with Crippen LogP contribution in [-0.2, 0) is 21.2 Å². The third kappa shape index (κ3) is 5.24. The van der Waals surface area contributed by atoms with Crippen molar-refractivity contribution in [2.24, 2.45) is 0 Å². The number of rotatable bonds is 8. The first kappa shape index (κ1) is 21.5. The molecular weight excluding hydrogens is 403 g/mol. The summed E-state index contributed by atoms with van der Waals surface area (Å²) in [6, 6.07) is 20.8. The standard InChI is InChI=1S/C23H23FN2O3S/c1-18-7-5-6-8-19(18)15-16-25-23(27)17-26(21-9-3-2-4-10-21)30(28,29)22-13-11-20(24)12-14-22/h2-14H,15-17H2,1H3,(H,25,27). The summed E-state index contributed by atoms with van der Waals surface area (Å²) in [4.78, 5) is 12.5. The number of benzene rings is 3. The summed E-state index contributed by atoms with van der Waals surface area (Å²) >= 11 is 0. The summed E-state index contributed by atoms with van der Waals surface area (Å²) in [5.74, 6) is -0.952. The molecule has 7 heteroatoms. The first-order valence-corrected chi connectivity index (χ1v) is 11.0. The number of amides is 1. The Balaban J connectivity index is 1.75. The van der Waals surface area contributed by atoms with Gasteiger partial charge in [-0.1, -0.05) is 42.5 Å². The van der Waals surface area contributed by atoms with Crippen molar-refractivity contribution in [3.8, 4) is 0 Å². The van der Waals surface area contributed by atoms with Crippen LogP contribution in [0.4, 0.5) is 10.1 Å². The Morgan fingerprint density at radius 1 is 0.933 bits per heavy atom. The number of nitrogens with zero attached hydrogens (tertiary/aromatic N) is 1. The van der Waals surface area contributed by atoms with Crippen LogP contribution in [0.3, 0.4) is 0 Å². The molecule has 0 aliphatic rings. The minimum absolute atomic E-state index is 0.0829. The van der Waals surface area contributed by atoms with Crippen molar-refractivity contribution in [3.05, 3.63) is 95.8 Å². The molecule has 0 aliphatic carbocycles. The molecule has 3 aromatic rings. The summed E-state index contributed by atoms with van der Waals surface area (Å²) in [6.07, 6.45) is 0.647. The van der Waals surface area contributed by atoms with Gasteiger partial charge in [0.1, 0.15) is 12.4 Å². The van der Waals surface area contributed by atoms with Gasteiger partial charge in [-0.05, 0) is 60.9 Å². The zero-order valence-electron chi connectivity index (χ0n) is 16.6. The molecule has 156 valence electrons. The van der Waals surface area contributed by atoms with E-state index < -0.39 is 21.7 Å². The fourth-order valence-corrected chi connectivity index (χ4v) is 4.48. The van der Waals surface area contributed by atoms with E-state index >= 15 is 0 Å². The quantitative estimate of drug-likeness (QED) is 0.597. The average Bonchev–Trinajstić information content (AvgIpc) is 2.74. The fraction of sp³-hybridized carbons (Fsp3) is 0.174. The second-order valence-electron chi connectivity index (χ2n) is 6.83. The molecule has 0 aromatic heterocycles. The second-order valence-corrected chi connectivity index (χ2v) is 8.69. The van der Waals surface area contributed by atoms with E-state index in [0.29, 0.717) is 18.7 Å². The highest BCUT2D eigenvalue weighted by atomic mass is 32.2. The van der Waals surface area contributed by atoms with E-state index in [1.165, 1.54) is 12.1 Å². The van der Waals surface area contributed by atoms with Crippen LogP contribution in [0.1, 0.15) is 11.1 Å². The molecule has 0 unspecified atom stereocenters. The summed E-state index contributed by atoms with van der Waals surface area (Å²) in [7, 11) is -4.04. The van der Waals surface area contributed by atoms with Gasteiger partial charge >= 0.3 is 0 Å². The van der Waals surface area contributed by atoms with Crippen molar-refractivity contribution < 1.29 is 17.6 Å². The molecule has 0 spiro atoms. The van der Waals surface area contributed by atoms with Crippen LogP contribution in [0, 0.1) is 12.7 Å². The number of hydrogen-bond donors (Lipinski definition) is 1. The van der Waals surface area contributed by atoms with Gasteiger partial charge in [-0.2, -0.15) is 0 Å². The highest BCUT2D eigenvalue weighted by Crippen LogP contribution is 2.23. The van der Waals surface area contributed by atoms with Crippen molar-refractivity contribution in [1.29, 1.82) is 0 Å². The minimum atomic E-state index is -4.04. The van der Waals surface area contributed by atoms with Gasteiger partial charge in [-0.15, -0.1) is 0 Å². The third-order valence-corrected chi connectivity index (χ3v) is 6.50. The summed E-state index contributed by atoms with van der Waals surface area (Å²) in [5, 5.41) is 2.79. The minimum Gasteiger partial charge on any atom is -0.354 e. The van der Waals surface area contributed by atoms with Gasteiger partial charge in [0.2, 0.25) is 5.91 Å². The van der Waals surface area contributed by atoms with Crippen LogP contribution in [0.15, 0.2) is 83.8 Å². The van der Waals surface area contributed by atoms with Crippen LogP contribution < -0.4 is 9.62 Å². The zero-order chi connectivity index (χ0) is 21.6. The lowest BCUT2D eigenvalue weighted by molar-refractivity contribution is -0.119. The molecule has 0 saturated carbocycles. The number of hydrogen-bond acceptors (Lipinski definition) is 3. The molecule has 0 atom stereocenters. The van der Waals surface area contributed by atoms with Crippen LogP contribution >= 0.6 is 0 Å². The Bertz CT molecular complexity index is 1100. The van der Waals surface area contributed by atoms with Gasteiger partial charge in [0, 0.05) is 6.54 Å². The van der Waals surface area contributed by atoms with Crippen molar-refractivity contribution in [2.75, 3.05) is 17.4 Å². The summed E-state index contributed by atoms with van der Waals surface area (Å²) < 4.78 is 40.6. The Morgan fingerprint density at radius 3 is 2.23 bits per heavy atom. The van der Waals surface area contributed by atoms with Gasteiger partial charge in [0.05, 0.1) is 10.6 Å². The molecule has 30 heavy (non-hydrogen) atoms. The summed E-state index contributed by atoms with van der Waals surface area (Å²) in [5.41, 5.74) is 2.61. The van der Waals surface area contributed by atoms with Crippen LogP contribution in [-0.4, -0.2) is 27.4 Å². The fourth-order valence-electron chi connectivity index (χ4n) is 3.06. The molecule has 0 saturated heterocycles. The number of para-hydroxylation sites is 1. The highest BCUT2D eigenvalue weighted by Gasteiger charge is 2.27. The maximum Gasteiger partial charge on any atom is 0.264 e. The zero-order valence-corrected chi connectivity index (χ0v) is 17.4. The number of nitrogens with one attached hydrogen (secondary N) is 1. The first-order chi connectivity index (χ1) is 14.4. The van der Waals surface area contributed by atoms with Crippen molar-refractivity contribution in [1.82, 2.24) is 5.32 Å². The van der Waals surface area contributed by atoms with Gasteiger partial charge in [0.25, 0.3) is 10.0 Å². The predicted molar refractivity (Wildman–Crippen MR) is 115 cm³/mol. The molecule has 5 nitrogen and oxygen atoms in total. The maximum absolute atomic E-state index is 13.2. The number of anilines is 1. The van der Waals surface area contributed by atoms with Crippen LogP contribution in [0.5, 0.6) is 0 Å². The summed E-state index contributed by atoms with van der Waals surface area (Å²) in [6.45, 7) is 2.02. The molecular formula is C23H23FN2O3S. The van der Waals surface area contributed by atoms with Crippen LogP contribution in [0.25, 0.3) is 0 Å². The van der Waals surface area contributed by atoms with Gasteiger partial charge in [0.15, 0.2) is 0 Å². The van der Waals surface area contributed by atoms with E-state index in [1.54, 1.807) is 30.3 Å². The number of carbonyl (C=O) groups is 1. The maximum atomic E-state index is 13.2. The number of carbonyl (C=O) groups excluding carboxylic acids is 1. The number of aryl methyl sites for hydroxylation is 1. The van der Waals surface area contributed by atoms with E-state index in [1.807, 2.05) is 31.2 Å². The Labute approximate surface area is 176 Å². The molecule has 1 amide bonds. The predicted octanol–water partition coefficient (Wildman–Crippen LogP) is 3.69. The Hall–Kier alpha value is -3.19. The van der Waals surface area contributed by atoms with Gasteiger partial charge in [-0.25, -0.2) is 12.8 Å². The number of halogens is 1. The van der Waals surface area contributed by atoms with E-state index in [2.05, 4.69) is 5.32 Å². The van der Waals surface area contributed by atoms with Gasteiger partial charge < -0.3 is 5.32 Å². The highest BCUT2D eigenvalue weighted by molar-refractivity contribution is 7.92. The van der Waals surface area contributed by atoms with Gasteiger partial charge in [-0.3, -0.25) is 9.10 Å². The monoisotopic (exact) mass is 426 g/mol. The van der Waals surface area contributed by atoms with Crippen molar-refractivity contribution >= 4 is 21.6 Å². The molecule has 0 bridgehead atoms. The number of sulfonamides is 1. The van der Waals surface area contributed by atoms with Crippen molar-refractivity contribution in [3.63, 3.8) is 0 Å². The SMILES string of the molecule is Cc1ccccc1CCNC(=O)CN(c1ccccc1)S(=O)(=O)c1ccc(F)cc1. The lowest BCUT2D eigenvalue weighted by atomic mass is 10.1. The third-order valence-electron chi connectivity index (χ3n) is 4.71. The average molecular weight is 427 g/mol.